The molecule has 0 aromatic carbocycles. The van der Waals surface area contributed by atoms with Crippen molar-refractivity contribution in [3.63, 3.8) is 0 Å². The van der Waals surface area contributed by atoms with E-state index >= 15 is 0 Å². The SMILES string of the molecule is Clc1cc(OC2CCCC2)ncn1. The quantitative estimate of drug-likeness (QED) is 0.685. The second-order valence-electron chi connectivity index (χ2n) is 3.20. The Hall–Kier alpha value is -0.830. The van der Waals surface area contributed by atoms with Gasteiger partial charge in [-0.25, -0.2) is 9.97 Å². The maximum Gasteiger partial charge on any atom is 0.218 e. The van der Waals surface area contributed by atoms with Crippen molar-refractivity contribution in [2.75, 3.05) is 0 Å². The van der Waals surface area contributed by atoms with E-state index in [9.17, 15) is 0 Å². The lowest BCUT2D eigenvalue weighted by Gasteiger charge is -2.11. The van der Waals surface area contributed by atoms with Crippen LogP contribution in [0.3, 0.4) is 0 Å². The maximum absolute atomic E-state index is 5.70. The van der Waals surface area contributed by atoms with E-state index in [-0.39, 0.29) is 0 Å². The van der Waals surface area contributed by atoms with Crippen LogP contribution in [0.5, 0.6) is 5.88 Å². The first kappa shape index (κ1) is 8.75. The smallest absolute Gasteiger partial charge is 0.218 e. The van der Waals surface area contributed by atoms with Crippen LogP contribution in [0.2, 0.25) is 5.15 Å². The van der Waals surface area contributed by atoms with E-state index in [4.69, 9.17) is 16.3 Å². The van der Waals surface area contributed by atoms with Crippen LogP contribution in [0, 0.1) is 0 Å². The van der Waals surface area contributed by atoms with Gasteiger partial charge < -0.3 is 4.74 Å². The van der Waals surface area contributed by atoms with E-state index in [2.05, 4.69) is 9.97 Å². The van der Waals surface area contributed by atoms with Gasteiger partial charge in [-0.2, -0.15) is 0 Å². The normalized spacial score (nSPS) is 17.6. The second-order valence-corrected chi connectivity index (χ2v) is 3.59. The largest absolute Gasteiger partial charge is 0.474 e. The van der Waals surface area contributed by atoms with E-state index < -0.39 is 0 Å². The van der Waals surface area contributed by atoms with Gasteiger partial charge in [-0.3, -0.25) is 0 Å². The number of aromatic nitrogens is 2. The first-order valence-electron chi connectivity index (χ1n) is 4.49. The predicted molar refractivity (Wildman–Crippen MR) is 49.9 cm³/mol. The Morgan fingerprint density at radius 1 is 1.31 bits per heavy atom. The van der Waals surface area contributed by atoms with Crippen molar-refractivity contribution >= 4 is 11.6 Å². The van der Waals surface area contributed by atoms with Crippen molar-refractivity contribution in [3.05, 3.63) is 17.5 Å². The first-order valence-corrected chi connectivity index (χ1v) is 4.86. The van der Waals surface area contributed by atoms with Crippen LogP contribution in [0.4, 0.5) is 0 Å². The summed E-state index contributed by atoms with van der Waals surface area (Å²) in [6, 6.07) is 1.65. The lowest BCUT2D eigenvalue weighted by molar-refractivity contribution is 0.201. The Balaban J connectivity index is 2.00. The molecule has 0 atom stereocenters. The average Bonchev–Trinajstić information content (AvgIpc) is 2.57. The molecule has 3 nitrogen and oxygen atoms in total. The summed E-state index contributed by atoms with van der Waals surface area (Å²) in [5, 5.41) is 0.433. The van der Waals surface area contributed by atoms with Gasteiger partial charge in [0.25, 0.3) is 0 Å². The Morgan fingerprint density at radius 3 is 2.77 bits per heavy atom. The molecule has 1 aliphatic rings. The zero-order valence-electron chi connectivity index (χ0n) is 7.24. The standard InChI is InChI=1S/C9H11ClN2O/c10-8-5-9(12-6-11-8)13-7-3-1-2-4-7/h5-7H,1-4H2. The van der Waals surface area contributed by atoms with Crippen LogP contribution < -0.4 is 4.74 Å². The number of halogens is 1. The van der Waals surface area contributed by atoms with Gasteiger partial charge in [-0.05, 0) is 25.7 Å². The summed E-state index contributed by atoms with van der Waals surface area (Å²) in [5.74, 6) is 0.590. The molecule has 4 heteroatoms. The zero-order chi connectivity index (χ0) is 9.10. The Labute approximate surface area is 82.1 Å². The molecule has 0 amide bonds. The molecule has 70 valence electrons. The van der Waals surface area contributed by atoms with Crippen molar-refractivity contribution in [1.29, 1.82) is 0 Å². The van der Waals surface area contributed by atoms with Crippen molar-refractivity contribution in [2.24, 2.45) is 0 Å². The number of nitrogens with zero attached hydrogens (tertiary/aromatic N) is 2. The molecule has 2 rings (SSSR count). The van der Waals surface area contributed by atoms with Crippen LogP contribution in [0.1, 0.15) is 25.7 Å². The lowest BCUT2D eigenvalue weighted by atomic mass is 10.3. The third-order valence-electron chi connectivity index (χ3n) is 2.20. The van der Waals surface area contributed by atoms with Crippen molar-refractivity contribution in [3.8, 4) is 5.88 Å². The molecule has 1 aliphatic carbocycles. The third-order valence-corrected chi connectivity index (χ3v) is 2.40. The summed E-state index contributed by atoms with van der Waals surface area (Å²) in [5.41, 5.74) is 0. The molecule has 0 saturated heterocycles. The number of hydrogen-bond donors (Lipinski definition) is 0. The Morgan fingerprint density at radius 2 is 2.08 bits per heavy atom. The summed E-state index contributed by atoms with van der Waals surface area (Å²) in [6.45, 7) is 0. The summed E-state index contributed by atoms with van der Waals surface area (Å²) in [4.78, 5) is 7.77. The van der Waals surface area contributed by atoms with Gasteiger partial charge in [-0.1, -0.05) is 11.6 Å². The number of ether oxygens (including phenoxy) is 1. The Kier molecular flexibility index (Phi) is 2.64. The topological polar surface area (TPSA) is 35.0 Å². The molecular formula is C9H11ClN2O. The molecule has 1 aromatic rings. The second kappa shape index (κ2) is 3.92. The number of rotatable bonds is 2. The van der Waals surface area contributed by atoms with Gasteiger partial charge in [0.15, 0.2) is 0 Å². The molecule has 0 unspecified atom stereocenters. The molecule has 0 spiro atoms. The van der Waals surface area contributed by atoms with Gasteiger partial charge in [0, 0.05) is 6.07 Å². The molecule has 1 fully saturated rings. The highest BCUT2D eigenvalue weighted by molar-refractivity contribution is 6.29. The van der Waals surface area contributed by atoms with Gasteiger partial charge in [0.1, 0.15) is 17.6 Å². The highest BCUT2D eigenvalue weighted by atomic mass is 35.5. The average molecular weight is 199 g/mol. The van der Waals surface area contributed by atoms with Gasteiger partial charge >= 0.3 is 0 Å². The fraction of sp³-hybridized carbons (Fsp3) is 0.556. The predicted octanol–water partition coefficient (Wildman–Crippen LogP) is 2.45. The molecule has 0 aliphatic heterocycles. The molecule has 0 N–H and O–H groups in total. The van der Waals surface area contributed by atoms with Crippen LogP contribution in [-0.4, -0.2) is 16.1 Å². The first-order chi connectivity index (χ1) is 6.34. The van der Waals surface area contributed by atoms with Crippen LogP contribution >= 0.6 is 11.6 Å². The molecule has 1 saturated carbocycles. The van der Waals surface area contributed by atoms with Crippen LogP contribution in [0.25, 0.3) is 0 Å². The molecule has 13 heavy (non-hydrogen) atoms. The van der Waals surface area contributed by atoms with E-state index in [0.29, 0.717) is 17.1 Å². The van der Waals surface area contributed by atoms with Crippen LogP contribution in [-0.2, 0) is 0 Å². The van der Waals surface area contributed by atoms with Crippen molar-refractivity contribution < 1.29 is 4.74 Å². The molecule has 0 bridgehead atoms. The van der Waals surface area contributed by atoms with E-state index in [1.807, 2.05) is 0 Å². The minimum absolute atomic E-state index is 0.325. The summed E-state index contributed by atoms with van der Waals surface area (Å²) in [6.07, 6.45) is 6.51. The molecule has 1 heterocycles. The summed E-state index contributed by atoms with van der Waals surface area (Å²) < 4.78 is 5.62. The maximum atomic E-state index is 5.70. The highest BCUT2D eigenvalue weighted by Crippen LogP contribution is 2.23. The summed E-state index contributed by atoms with van der Waals surface area (Å²) in [7, 11) is 0. The van der Waals surface area contributed by atoms with Crippen molar-refractivity contribution in [2.45, 2.75) is 31.8 Å². The van der Waals surface area contributed by atoms with Crippen molar-refractivity contribution in [1.82, 2.24) is 9.97 Å². The van der Waals surface area contributed by atoms with Gasteiger partial charge in [0.05, 0.1) is 0 Å². The lowest BCUT2D eigenvalue weighted by Crippen LogP contribution is -2.11. The van der Waals surface area contributed by atoms with E-state index in [0.717, 1.165) is 12.8 Å². The van der Waals surface area contributed by atoms with E-state index in [1.165, 1.54) is 19.2 Å². The van der Waals surface area contributed by atoms with E-state index in [1.54, 1.807) is 6.07 Å². The number of hydrogen-bond acceptors (Lipinski definition) is 3. The highest BCUT2D eigenvalue weighted by Gasteiger charge is 2.16. The fourth-order valence-electron chi connectivity index (χ4n) is 1.56. The summed E-state index contributed by atoms with van der Waals surface area (Å²) >= 11 is 5.70. The molecular weight excluding hydrogens is 188 g/mol. The van der Waals surface area contributed by atoms with Gasteiger partial charge in [0.2, 0.25) is 5.88 Å². The van der Waals surface area contributed by atoms with Gasteiger partial charge in [-0.15, -0.1) is 0 Å². The molecule has 0 radical (unpaired) electrons. The molecule has 1 aromatic heterocycles. The minimum atomic E-state index is 0.325. The third kappa shape index (κ3) is 2.31. The minimum Gasteiger partial charge on any atom is -0.474 e. The monoisotopic (exact) mass is 198 g/mol. The van der Waals surface area contributed by atoms with Crippen LogP contribution in [0.15, 0.2) is 12.4 Å². The zero-order valence-corrected chi connectivity index (χ0v) is 8.00. The Bertz CT molecular complexity index is 287. The fourth-order valence-corrected chi connectivity index (χ4v) is 1.70.